The third-order valence-corrected chi connectivity index (χ3v) is 4.80. The van der Waals surface area contributed by atoms with Gasteiger partial charge in [0.15, 0.2) is 0 Å². The summed E-state index contributed by atoms with van der Waals surface area (Å²) in [5, 5.41) is 3.76. The van der Waals surface area contributed by atoms with E-state index >= 15 is 0 Å². The number of furan rings is 1. The second kappa shape index (κ2) is 8.95. The number of hydrogen-bond donors (Lipinski definition) is 1. The number of methoxy groups -OCH3 is 3. The van der Waals surface area contributed by atoms with E-state index in [-0.39, 0.29) is 11.9 Å². The summed E-state index contributed by atoms with van der Waals surface area (Å²) >= 11 is 0. The van der Waals surface area contributed by atoms with Crippen molar-refractivity contribution in [2.24, 2.45) is 0 Å². The summed E-state index contributed by atoms with van der Waals surface area (Å²) in [6.45, 7) is 5.73. The Kier molecular flexibility index (Phi) is 6.35. The number of allylic oxidation sites excluding steroid dienone is 1. The number of benzene rings is 2. The van der Waals surface area contributed by atoms with Crippen molar-refractivity contribution in [1.29, 1.82) is 0 Å². The molecule has 0 unspecified atom stereocenters. The molecule has 30 heavy (non-hydrogen) atoms. The topological polar surface area (TPSA) is 69.9 Å². The van der Waals surface area contributed by atoms with Crippen LogP contribution in [-0.4, -0.2) is 33.3 Å². The predicted octanol–water partition coefficient (Wildman–Crippen LogP) is 5.05. The molecule has 158 valence electrons. The highest BCUT2D eigenvalue weighted by atomic mass is 16.5. The normalized spacial score (nSPS) is 11.6. The SMILES string of the molecule is COc1ccc(OC)c(-c2coc3cc(OC)c(/C(C)=C/C(=O)NC(C)C)cc23)c1. The molecule has 3 aromatic rings. The minimum Gasteiger partial charge on any atom is -0.497 e. The number of rotatable bonds is 7. The largest absolute Gasteiger partial charge is 0.497 e. The Balaban J connectivity index is 2.16. The highest BCUT2D eigenvalue weighted by molar-refractivity contribution is 6.01. The van der Waals surface area contributed by atoms with Crippen molar-refractivity contribution >= 4 is 22.4 Å². The molecule has 1 aromatic heterocycles. The number of fused-ring (bicyclic) bond motifs is 1. The van der Waals surface area contributed by atoms with Crippen LogP contribution < -0.4 is 19.5 Å². The van der Waals surface area contributed by atoms with Crippen LogP contribution in [0.4, 0.5) is 0 Å². The van der Waals surface area contributed by atoms with Crippen molar-refractivity contribution in [1.82, 2.24) is 5.32 Å². The smallest absolute Gasteiger partial charge is 0.244 e. The molecule has 0 fully saturated rings. The first-order chi connectivity index (χ1) is 14.4. The van der Waals surface area contributed by atoms with Crippen LogP contribution in [0.25, 0.3) is 27.7 Å². The number of carbonyl (C=O) groups is 1. The Morgan fingerprint density at radius 2 is 1.73 bits per heavy atom. The van der Waals surface area contributed by atoms with E-state index in [4.69, 9.17) is 18.6 Å². The maximum atomic E-state index is 12.2. The summed E-state index contributed by atoms with van der Waals surface area (Å²) in [4.78, 5) is 12.2. The van der Waals surface area contributed by atoms with Gasteiger partial charge in [-0.25, -0.2) is 0 Å². The van der Waals surface area contributed by atoms with Gasteiger partial charge in [0.25, 0.3) is 0 Å². The molecule has 2 aromatic carbocycles. The zero-order valence-electron chi connectivity index (χ0n) is 18.2. The van der Waals surface area contributed by atoms with Gasteiger partial charge in [-0.05, 0) is 50.6 Å². The van der Waals surface area contributed by atoms with Crippen LogP contribution in [0.1, 0.15) is 26.3 Å². The number of nitrogens with one attached hydrogen (secondary N) is 1. The molecular weight excluding hydrogens is 382 g/mol. The predicted molar refractivity (Wildman–Crippen MR) is 118 cm³/mol. The average molecular weight is 409 g/mol. The fraction of sp³-hybridized carbons (Fsp3) is 0.292. The molecule has 6 nitrogen and oxygen atoms in total. The summed E-state index contributed by atoms with van der Waals surface area (Å²) in [5.74, 6) is 1.91. The van der Waals surface area contributed by atoms with Gasteiger partial charge in [-0.15, -0.1) is 0 Å². The zero-order valence-corrected chi connectivity index (χ0v) is 18.2. The second-order valence-electron chi connectivity index (χ2n) is 7.25. The summed E-state index contributed by atoms with van der Waals surface area (Å²) in [6, 6.07) is 9.48. The van der Waals surface area contributed by atoms with Crippen LogP contribution in [0.3, 0.4) is 0 Å². The van der Waals surface area contributed by atoms with Crippen molar-refractivity contribution in [2.75, 3.05) is 21.3 Å². The molecule has 0 saturated carbocycles. The lowest BCUT2D eigenvalue weighted by Crippen LogP contribution is -2.28. The molecule has 0 atom stereocenters. The lowest BCUT2D eigenvalue weighted by atomic mass is 9.98. The van der Waals surface area contributed by atoms with Crippen molar-refractivity contribution in [3.63, 3.8) is 0 Å². The van der Waals surface area contributed by atoms with E-state index in [0.717, 1.165) is 33.4 Å². The Morgan fingerprint density at radius 3 is 2.37 bits per heavy atom. The Hall–Kier alpha value is -3.41. The average Bonchev–Trinajstić information content (AvgIpc) is 3.14. The molecule has 0 bridgehead atoms. The monoisotopic (exact) mass is 409 g/mol. The number of carbonyl (C=O) groups excluding carboxylic acids is 1. The fourth-order valence-corrected chi connectivity index (χ4v) is 3.37. The quantitative estimate of drug-likeness (QED) is 0.553. The summed E-state index contributed by atoms with van der Waals surface area (Å²) in [7, 11) is 4.85. The van der Waals surface area contributed by atoms with E-state index < -0.39 is 0 Å². The highest BCUT2D eigenvalue weighted by Gasteiger charge is 2.18. The molecule has 1 heterocycles. The third-order valence-electron chi connectivity index (χ3n) is 4.80. The summed E-state index contributed by atoms with van der Waals surface area (Å²) in [6.07, 6.45) is 3.27. The molecule has 0 saturated heterocycles. The van der Waals surface area contributed by atoms with E-state index in [9.17, 15) is 4.79 Å². The molecule has 1 amide bonds. The minimum absolute atomic E-state index is 0.0620. The van der Waals surface area contributed by atoms with Crippen molar-refractivity contribution in [3.8, 4) is 28.4 Å². The molecule has 6 heteroatoms. The van der Waals surface area contributed by atoms with Crippen LogP contribution in [0, 0.1) is 0 Å². The van der Waals surface area contributed by atoms with Crippen molar-refractivity contribution in [2.45, 2.75) is 26.8 Å². The van der Waals surface area contributed by atoms with Crippen LogP contribution in [0.5, 0.6) is 17.2 Å². The number of amides is 1. The zero-order chi connectivity index (χ0) is 21.8. The molecular formula is C24H27NO5. The lowest BCUT2D eigenvalue weighted by Gasteiger charge is -2.12. The maximum absolute atomic E-state index is 12.2. The van der Waals surface area contributed by atoms with E-state index in [1.165, 1.54) is 0 Å². The number of ether oxygens (including phenoxy) is 3. The fourth-order valence-electron chi connectivity index (χ4n) is 3.37. The van der Waals surface area contributed by atoms with E-state index in [2.05, 4.69) is 5.32 Å². The van der Waals surface area contributed by atoms with Gasteiger partial charge in [-0.1, -0.05) is 0 Å². The first kappa shape index (κ1) is 21.3. The van der Waals surface area contributed by atoms with Gasteiger partial charge in [-0.3, -0.25) is 4.79 Å². The van der Waals surface area contributed by atoms with Gasteiger partial charge >= 0.3 is 0 Å². The van der Waals surface area contributed by atoms with Gasteiger partial charge < -0.3 is 23.9 Å². The molecule has 0 aliphatic heterocycles. The molecule has 0 radical (unpaired) electrons. The maximum Gasteiger partial charge on any atom is 0.244 e. The molecule has 0 aliphatic rings. The van der Waals surface area contributed by atoms with Crippen LogP contribution >= 0.6 is 0 Å². The molecule has 0 spiro atoms. The third kappa shape index (κ3) is 4.27. The van der Waals surface area contributed by atoms with Gasteiger partial charge in [0, 0.05) is 40.3 Å². The van der Waals surface area contributed by atoms with Crippen LogP contribution in [-0.2, 0) is 4.79 Å². The highest BCUT2D eigenvalue weighted by Crippen LogP contribution is 2.41. The first-order valence-electron chi connectivity index (χ1n) is 9.68. The van der Waals surface area contributed by atoms with Gasteiger partial charge in [0.1, 0.15) is 22.8 Å². The van der Waals surface area contributed by atoms with E-state index in [1.54, 1.807) is 33.7 Å². The molecule has 1 N–H and O–H groups in total. The van der Waals surface area contributed by atoms with E-state index in [0.29, 0.717) is 17.1 Å². The van der Waals surface area contributed by atoms with E-state index in [1.807, 2.05) is 51.1 Å². The van der Waals surface area contributed by atoms with Gasteiger partial charge in [0.05, 0.1) is 27.6 Å². The van der Waals surface area contributed by atoms with Crippen LogP contribution in [0.15, 0.2) is 47.1 Å². The van der Waals surface area contributed by atoms with Crippen LogP contribution in [0.2, 0.25) is 0 Å². The second-order valence-corrected chi connectivity index (χ2v) is 7.25. The first-order valence-corrected chi connectivity index (χ1v) is 9.68. The molecule has 0 aliphatic carbocycles. The Labute approximate surface area is 176 Å². The van der Waals surface area contributed by atoms with Crippen molar-refractivity contribution < 1.29 is 23.4 Å². The number of hydrogen-bond acceptors (Lipinski definition) is 5. The standard InChI is InChI=1S/C24H27NO5/c1-14(2)25-24(26)9-15(3)17-11-19-20(13-30-23(19)12-22(17)29-6)18-10-16(27-4)7-8-21(18)28-5/h7-14H,1-6H3,(H,25,26)/b15-9+. The van der Waals surface area contributed by atoms with Gasteiger partial charge in [0.2, 0.25) is 5.91 Å². The summed E-state index contributed by atoms with van der Waals surface area (Å²) < 4.78 is 22.3. The Morgan fingerprint density at radius 1 is 1.00 bits per heavy atom. The van der Waals surface area contributed by atoms with Gasteiger partial charge in [-0.2, -0.15) is 0 Å². The summed E-state index contributed by atoms with van der Waals surface area (Å²) in [5.41, 5.74) is 4.00. The minimum atomic E-state index is -0.147. The Bertz CT molecular complexity index is 1090. The van der Waals surface area contributed by atoms with Crippen molar-refractivity contribution in [3.05, 3.63) is 48.2 Å². The lowest BCUT2D eigenvalue weighted by molar-refractivity contribution is -0.116. The molecule has 3 rings (SSSR count).